The van der Waals surface area contributed by atoms with Crippen molar-refractivity contribution in [3.63, 3.8) is 0 Å². The van der Waals surface area contributed by atoms with Crippen molar-refractivity contribution in [2.45, 2.75) is 13.8 Å². The first-order valence-corrected chi connectivity index (χ1v) is 11.1. The van der Waals surface area contributed by atoms with Crippen LogP contribution in [0.5, 0.6) is 17.2 Å². The third-order valence-electron chi connectivity index (χ3n) is 4.91. The number of amides is 1. The molecule has 1 N–H and O–H groups in total. The minimum Gasteiger partial charge on any atom is -0.497 e. The fourth-order valence-corrected chi connectivity index (χ4v) is 3.29. The van der Waals surface area contributed by atoms with Crippen LogP contribution < -0.4 is 19.5 Å². The molecule has 0 aromatic heterocycles. The lowest BCUT2D eigenvalue weighted by Gasteiger charge is -2.13. The molecule has 0 fully saturated rings. The van der Waals surface area contributed by atoms with Crippen LogP contribution in [0.1, 0.15) is 40.1 Å². The summed E-state index contributed by atoms with van der Waals surface area (Å²) < 4.78 is 21.4. The van der Waals surface area contributed by atoms with Crippen molar-refractivity contribution < 1.29 is 33.3 Å². The van der Waals surface area contributed by atoms with Gasteiger partial charge in [0.25, 0.3) is 5.91 Å². The lowest BCUT2D eigenvalue weighted by atomic mass is 9.98. The molecule has 0 atom stereocenters. The van der Waals surface area contributed by atoms with Crippen molar-refractivity contribution in [2.75, 3.05) is 32.2 Å². The van der Waals surface area contributed by atoms with Crippen LogP contribution in [0.3, 0.4) is 0 Å². The molecule has 8 nitrogen and oxygen atoms in total. The number of hydrogen-bond donors (Lipinski definition) is 1. The zero-order chi connectivity index (χ0) is 25.2. The molecule has 0 radical (unpaired) electrons. The number of esters is 1. The van der Waals surface area contributed by atoms with E-state index in [2.05, 4.69) is 5.32 Å². The third kappa shape index (κ3) is 6.60. The smallest absolute Gasteiger partial charge is 0.339 e. The van der Waals surface area contributed by atoms with Crippen molar-refractivity contribution in [1.82, 2.24) is 0 Å². The van der Waals surface area contributed by atoms with Gasteiger partial charge in [0, 0.05) is 16.8 Å². The molecule has 0 heterocycles. The van der Waals surface area contributed by atoms with Gasteiger partial charge in [-0.2, -0.15) is 0 Å². The van der Waals surface area contributed by atoms with Crippen LogP contribution in [-0.2, 0) is 9.53 Å². The van der Waals surface area contributed by atoms with Gasteiger partial charge in [-0.05, 0) is 62.4 Å². The maximum atomic E-state index is 13.2. The van der Waals surface area contributed by atoms with Gasteiger partial charge in [0.2, 0.25) is 0 Å². The van der Waals surface area contributed by atoms with E-state index in [1.807, 2.05) is 13.8 Å². The molecule has 1 amide bonds. The van der Waals surface area contributed by atoms with Gasteiger partial charge in [0.15, 0.2) is 23.9 Å². The number of anilines is 1. The summed E-state index contributed by atoms with van der Waals surface area (Å²) in [6.07, 6.45) is 0. The normalized spacial score (nSPS) is 10.3. The number of hydrogen-bond acceptors (Lipinski definition) is 7. The highest BCUT2D eigenvalue weighted by molar-refractivity contribution is 6.14. The highest BCUT2D eigenvalue weighted by atomic mass is 16.5. The lowest BCUT2D eigenvalue weighted by Crippen LogP contribution is -2.22. The van der Waals surface area contributed by atoms with E-state index >= 15 is 0 Å². The lowest BCUT2D eigenvalue weighted by molar-refractivity contribution is -0.119. The first-order valence-electron chi connectivity index (χ1n) is 11.1. The Bertz CT molecular complexity index is 1190. The van der Waals surface area contributed by atoms with E-state index in [1.165, 1.54) is 12.1 Å². The number of rotatable bonds is 11. The third-order valence-corrected chi connectivity index (χ3v) is 4.91. The minimum absolute atomic E-state index is 0.0570. The van der Waals surface area contributed by atoms with E-state index in [0.717, 1.165) is 0 Å². The average Bonchev–Trinajstić information content (AvgIpc) is 2.88. The van der Waals surface area contributed by atoms with Gasteiger partial charge >= 0.3 is 5.97 Å². The molecular weight excluding hydrogens is 450 g/mol. The van der Waals surface area contributed by atoms with Crippen molar-refractivity contribution in [3.8, 4) is 17.2 Å². The Kier molecular flexibility index (Phi) is 8.83. The molecule has 3 rings (SSSR count). The molecule has 182 valence electrons. The summed E-state index contributed by atoms with van der Waals surface area (Å²) in [6, 6.07) is 17.9. The van der Waals surface area contributed by atoms with E-state index in [9.17, 15) is 14.4 Å². The summed E-state index contributed by atoms with van der Waals surface area (Å²) >= 11 is 0. The summed E-state index contributed by atoms with van der Waals surface area (Å²) in [5, 5.41) is 2.63. The molecule has 35 heavy (non-hydrogen) atoms. The molecule has 0 saturated heterocycles. The molecule has 0 spiro atoms. The zero-order valence-electron chi connectivity index (χ0n) is 19.8. The predicted octanol–water partition coefficient (Wildman–Crippen LogP) is 4.52. The molecule has 3 aromatic rings. The van der Waals surface area contributed by atoms with Crippen molar-refractivity contribution in [2.24, 2.45) is 0 Å². The standard InChI is InChI=1S/C27H27NO7/c1-4-33-23-15-10-18(16-24(23)34-5-2)26(30)21-8-6-7-9-22(21)27(31)35-17-25(29)28-19-11-13-20(32-3)14-12-19/h6-16H,4-5,17H2,1-3H3,(H,28,29). The number of ketones is 1. The quantitative estimate of drug-likeness (QED) is 0.320. The SMILES string of the molecule is CCOc1ccc(C(=O)c2ccccc2C(=O)OCC(=O)Nc2ccc(OC)cc2)cc1OCC. The predicted molar refractivity (Wildman–Crippen MR) is 131 cm³/mol. The van der Waals surface area contributed by atoms with Crippen LogP contribution in [0.2, 0.25) is 0 Å². The second kappa shape index (κ2) is 12.2. The Balaban J connectivity index is 1.72. The van der Waals surface area contributed by atoms with Gasteiger partial charge in [0.1, 0.15) is 5.75 Å². The van der Waals surface area contributed by atoms with E-state index < -0.39 is 18.5 Å². The van der Waals surface area contributed by atoms with Crippen molar-refractivity contribution in [1.29, 1.82) is 0 Å². The highest BCUT2D eigenvalue weighted by Gasteiger charge is 2.21. The summed E-state index contributed by atoms with van der Waals surface area (Å²) in [5.74, 6) is -0.0623. The van der Waals surface area contributed by atoms with Crippen LogP contribution in [0.15, 0.2) is 66.7 Å². The van der Waals surface area contributed by atoms with Gasteiger partial charge in [-0.25, -0.2) is 4.79 Å². The zero-order valence-corrected chi connectivity index (χ0v) is 19.8. The van der Waals surface area contributed by atoms with Gasteiger partial charge in [-0.1, -0.05) is 18.2 Å². The van der Waals surface area contributed by atoms with E-state index in [4.69, 9.17) is 18.9 Å². The van der Waals surface area contributed by atoms with Gasteiger partial charge in [-0.3, -0.25) is 9.59 Å². The van der Waals surface area contributed by atoms with Gasteiger partial charge in [0.05, 0.1) is 25.9 Å². The Morgan fingerprint density at radius 1 is 0.800 bits per heavy atom. The maximum Gasteiger partial charge on any atom is 0.339 e. The Labute approximate surface area is 203 Å². The topological polar surface area (TPSA) is 100 Å². The van der Waals surface area contributed by atoms with Crippen LogP contribution in [0.25, 0.3) is 0 Å². The summed E-state index contributed by atoms with van der Waals surface area (Å²) in [4.78, 5) is 38.2. The van der Waals surface area contributed by atoms with E-state index in [0.29, 0.717) is 41.7 Å². The number of methoxy groups -OCH3 is 1. The molecule has 0 bridgehead atoms. The number of benzene rings is 3. The molecule has 0 unspecified atom stereocenters. The summed E-state index contributed by atoms with van der Waals surface area (Å²) in [7, 11) is 1.55. The summed E-state index contributed by atoms with van der Waals surface area (Å²) in [6.45, 7) is 4.03. The minimum atomic E-state index is -0.783. The number of carbonyl (C=O) groups is 3. The number of ether oxygens (including phenoxy) is 4. The van der Waals surface area contributed by atoms with Crippen LogP contribution in [0, 0.1) is 0 Å². The number of nitrogens with one attached hydrogen (secondary N) is 1. The Morgan fingerprint density at radius 2 is 1.46 bits per heavy atom. The molecular formula is C27H27NO7. The fourth-order valence-electron chi connectivity index (χ4n) is 3.29. The molecule has 3 aromatic carbocycles. The number of carbonyl (C=O) groups excluding carboxylic acids is 3. The molecule has 0 aliphatic carbocycles. The first kappa shape index (κ1) is 25.3. The second-order valence-electron chi connectivity index (χ2n) is 7.26. The van der Waals surface area contributed by atoms with Crippen molar-refractivity contribution >= 4 is 23.3 Å². The molecule has 0 aliphatic heterocycles. The second-order valence-corrected chi connectivity index (χ2v) is 7.26. The Morgan fingerprint density at radius 3 is 2.11 bits per heavy atom. The van der Waals surface area contributed by atoms with Crippen LogP contribution in [-0.4, -0.2) is 44.6 Å². The molecule has 0 saturated carbocycles. The van der Waals surface area contributed by atoms with Crippen molar-refractivity contribution in [3.05, 3.63) is 83.4 Å². The van der Waals surface area contributed by atoms with Crippen LogP contribution in [0.4, 0.5) is 5.69 Å². The van der Waals surface area contributed by atoms with Crippen LogP contribution >= 0.6 is 0 Å². The maximum absolute atomic E-state index is 13.2. The van der Waals surface area contributed by atoms with Gasteiger partial charge in [-0.15, -0.1) is 0 Å². The van der Waals surface area contributed by atoms with E-state index in [1.54, 1.807) is 61.7 Å². The first-order chi connectivity index (χ1) is 17.0. The van der Waals surface area contributed by atoms with E-state index in [-0.39, 0.29) is 16.9 Å². The summed E-state index contributed by atoms with van der Waals surface area (Å²) in [5.41, 5.74) is 1.07. The molecule has 0 aliphatic rings. The highest BCUT2D eigenvalue weighted by Crippen LogP contribution is 2.30. The average molecular weight is 478 g/mol. The Hall–Kier alpha value is -4.33. The molecule has 8 heteroatoms. The van der Waals surface area contributed by atoms with Gasteiger partial charge < -0.3 is 24.3 Å². The largest absolute Gasteiger partial charge is 0.497 e. The monoisotopic (exact) mass is 477 g/mol. The fraction of sp³-hybridized carbons (Fsp3) is 0.222.